The van der Waals surface area contributed by atoms with E-state index >= 15 is 0 Å². The zero-order chi connectivity index (χ0) is 16.9. The van der Waals surface area contributed by atoms with Crippen molar-refractivity contribution in [3.8, 4) is 5.75 Å². The summed E-state index contributed by atoms with van der Waals surface area (Å²) in [5, 5.41) is 9.83. The number of aromatic hydroxyl groups is 1. The monoisotopic (exact) mass is 329 g/mol. The standard InChI is InChI=1S/C17H23N5O2/c1-2-21-10-7-18-15(21)13-20-8-4-9-22(12-11-20)17(24)16-14(23)5-3-6-19-16/h3,5-7,10,23H,2,4,8-9,11-13H2,1H3. The van der Waals surface area contributed by atoms with Gasteiger partial charge < -0.3 is 14.6 Å². The van der Waals surface area contributed by atoms with Crippen molar-refractivity contribution in [2.75, 3.05) is 26.2 Å². The second kappa shape index (κ2) is 7.44. The van der Waals surface area contributed by atoms with Crippen molar-refractivity contribution in [2.45, 2.75) is 26.4 Å². The van der Waals surface area contributed by atoms with Crippen LogP contribution in [0.4, 0.5) is 0 Å². The maximum atomic E-state index is 12.6. The molecule has 1 amide bonds. The Labute approximate surface area is 141 Å². The van der Waals surface area contributed by atoms with Gasteiger partial charge in [-0.15, -0.1) is 0 Å². The summed E-state index contributed by atoms with van der Waals surface area (Å²) in [6.45, 7) is 6.82. The molecule has 7 nitrogen and oxygen atoms in total. The fourth-order valence-electron chi connectivity index (χ4n) is 3.02. The Morgan fingerprint density at radius 2 is 2.08 bits per heavy atom. The molecule has 24 heavy (non-hydrogen) atoms. The largest absolute Gasteiger partial charge is 0.505 e. The van der Waals surface area contributed by atoms with Crippen LogP contribution in [0.15, 0.2) is 30.7 Å². The number of carbonyl (C=O) groups excluding carboxylic acids is 1. The zero-order valence-corrected chi connectivity index (χ0v) is 13.9. The fraction of sp³-hybridized carbons (Fsp3) is 0.471. The van der Waals surface area contributed by atoms with Gasteiger partial charge in [-0.2, -0.15) is 0 Å². The zero-order valence-electron chi connectivity index (χ0n) is 13.9. The summed E-state index contributed by atoms with van der Waals surface area (Å²) in [6, 6.07) is 3.11. The number of pyridine rings is 1. The lowest BCUT2D eigenvalue weighted by Crippen LogP contribution is -2.35. The van der Waals surface area contributed by atoms with Crippen LogP contribution in [-0.2, 0) is 13.1 Å². The Bertz CT molecular complexity index is 700. The summed E-state index contributed by atoms with van der Waals surface area (Å²) in [5.74, 6) is 0.790. The molecule has 1 aliphatic heterocycles. The number of amides is 1. The maximum absolute atomic E-state index is 12.6. The first-order valence-corrected chi connectivity index (χ1v) is 8.34. The van der Waals surface area contributed by atoms with E-state index in [4.69, 9.17) is 0 Å². The van der Waals surface area contributed by atoms with Crippen LogP contribution in [0.3, 0.4) is 0 Å². The average molecular weight is 329 g/mol. The second-order valence-corrected chi connectivity index (χ2v) is 5.92. The molecule has 0 unspecified atom stereocenters. The quantitative estimate of drug-likeness (QED) is 0.916. The second-order valence-electron chi connectivity index (χ2n) is 5.92. The van der Waals surface area contributed by atoms with Gasteiger partial charge in [-0.25, -0.2) is 9.97 Å². The van der Waals surface area contributed by atoms with Crippen LogP contribution in [0.2, 0.25) is 0 Å². The highest BCUT2D eigenvalue weighted by Crippen LogP contribution is 2.17. The van der Waals surface area contributed by atoms with E-state index in [-0.39, 0.29) is 17.4 Å². The Morgan fingerprint density at radius 3 is 2.88 bits per heavy atom. The molecule has 3 rings (SSSR count). The van der Waals surface area contributed by atoms with Gasteiger partial charge in [0.2, 0.25) is 0 Å². The lowest BCUT2D eigenvalue weighted by molar-refractivity contribution is 0.0751. The number of carbonyl (C=O) groups is 1. The summed E-state index contributed by atoms with van der Waals surface area (Å²) in [6.07, 6.45) is 6.25. The van der Waals surface area contributed by atoms with Crippen LogP contribution >= 0.6 is 0 Å². The molecule has 0 spiro atoms. The van der Waals surface area contributed by atoms with Gasteiger partial charge in [0.15, 0.2) is 5.69 Å². The lowest BCUT2D eigenvalue weighted by atomic mass is 10.2. The van der Waals surface area contributed by atoms with Crippen LogP contribution in [0.25, 0.3) is 0 Å². The van der Waals surface area contributed by atoms with Gasteiger partial charge >= 0.3 is 0 Å². The van der Waals surface area contributed by atoms with Crippen LogP contribution in [-0.4, -0.2) is 61.5 Å². The minimum atomic E-state index is -0.204. The molecular weight excluding hydrogens is 306 g/mol. The Morgan fingerprint density at radius 1 is 1.21 bits per heavy atom. The molecule has 0 aliphatic carbocycles. The van der Waals surface area contributed by atoms with Gasteiger partial charge in [0, 0.05) is 51.3 Å². The third kappa shape index (κ3) is 3.56. The van der Waals surface area contributed by atoms with Crippen LogP contribution in [0.5, 0.6) is 5.75 Å². The molecule has 2 aromatic heterocycles. The van der Waals surface area contributed by atoms with Gasteiger partial charge in [0.1, 0.15) is 11.6 Å². The Balaban J connectivity index is 1.63. The number of aromatic nitrogens is 3. The van der Waals surface area contributed by atoms with Crippen LogP contribution in [0.1, 0.15) is 29.7 Å². The number of hydrogen-bond donors (Lipinski definition) is 1. The first-order chi connectivity index (χ1) is 11.7. The highest BCUT2D eigenvalue weighted by Gasteiger charge is 2.23. The van der Waals surface area contributed by atoms with Crippen molar-refractivity contribution in [3.63, 3.8) is 0 Å². The fourth-order valence-corrected chi connectivity index (χ4v) is 3.02. The first kappa shape index (κ1) is 16.4. The third-order valence-electron chi connectivity index (χ3n) is 4.37. The van der Waals surface area contributed by atoms with E-state index in [9.17, 15) is 9.90 Å². The molecule has 0 saturated carbocycles. The van der Waals surface area contributed by atoms with E-state index in [0.717, 1.165) is 38.4 Å². The molecule has 128 valence electrons. The molecule has 1 N–H and O–H groups in total. The molecule has 0 bridgehead atoms. The van der Waals surface area contributed by atoms with Crippen LogP contribution < -0.4 is 0 Å². The topological polar surface area (TPSA) is 74.5 Å². The number of rotatable bonds is 4. The van der Waals surface area contributed by atoms with Crippen LogP contribution in [0, 0.1) is 0 Å². The molecule has 2 aromatic rings. The molecule has 3 heterocycles. The first-order valence-electron chi connectivity index (χ1n) is 8.34. The normalized spacial score (nSPS) is 16.1. The number of hydrogen-bond acceptors (Lipinski definition) is 5. The lowest BCUT2D eigenvalue weighted by Gasteiger charge is -2.22. The van der Waals surface area contributed by atoms with Crippen molar-refractivity contribution >= 4 is 5.91 Å². The average Bonchev–Trinajstić information content (AvgIpc) is 2.91. The van der Waals surface area contributed by atoms with E-state index in [1.54, 1.807) is 11.0 Å². The van der Waals surface area contributed by atoms with Crippen molar-refractivity contribution in [3.05, 3.63) is 42.2 Å². The predicted octanol–water partition coefficient (Wildman–Crippen LogP) is 1.35. The highest BCUT2D eigenvalue weighted by atomic mass is 16.3. The van der Waals surface area contributed by atoms with Gasteiger partial charge in [-0.05, 0) is 25.5 Å². The SMILES string of the molecule is CCn1ccnc1CN1CCCN(C(=O)c2ncccc2O)CC1. The molecule has 0 radical (unpaired) electrons. The number of aryl methyl sites for hydroxylation is 1. The van der Waals surface area contributed by atoms with Gasteiger partial charge in [0.05, 0.1) is 6.54 Å². The Kier molecular flexibility index (Phi) is 5.10. The smallest absolute Gasteiger partial charge is 0.276 e. The van der Waals surface area contributed by atoms with Gasteiger partial charge in [-0.1, -0.05) is 0 Å². The minimum absolute atomic E-state index is 0.0615. The van der Waals surface area contributed by atoms with Gasteiger partial charge in [0.25, 0.3) is 5.91 Å². The maximum Gasteiger partial charge on any atom is 0.276 e. The predicted molar refractivity (Wildman–Crippen MR) is 89.6 cm³/mol. The molecule has 1 aliphatic rings. The summed E-state index contributed by atoms with van der Waals surface area (Å²) in [5.41, 5.74) is 0.132. The molecule has 0 aromatic carbocycles. The number of imidazole rings is 1. The molecular formula is C17H23N5O2. The molecule has 1 saturated heterocycles. The van der Waals surface area contributed by atoms with Gasteiger partial charge in [-0.3, -0.25) is 9.69 Å². The summed E-state index contributed by atoms with van der Waals surface area (Å²) in [4.78, 5) is 25.1. The third-order valence-corrected chi connectivity index (χ3v) is 4.37. The van der Waals surface area contributed by atoms with Crippen molar-refractivity contribution in [2.24, 2.45) is 0 Å². The van der Waals surface area contributed by atoms with E-state index in [1.807, 2.05) is 12.4 Å². The van der Waals surface area contributed by atoms with Crippen molar-refractivity contribution in [1.29, 1.82) is 0 Å². The van der Waals surface area contributed by atoms with E-state index in [2.05, 4.69) is 26.4 Å². The molecule has 7 heteroatoms. The summed E-state index contributed by atoms with van der Waals surface area (Å²) in [7, 11) is 0. The van der Waals surface area contributed by atoms with Crippen molar-refractivity contribution < 1.29 is 9.90 Å². The summed E-state index contributed by atoms with van der Waals surface area (Å²) < 4.78 is 2.14. The molecule has 0 atom stereocenters. The van der Waals surface area contributed by atoms with E-state index in [1.165, 1.54) is 12.3 Å². The number of nitrogens with zero attached hydrogens (tertiary/aromatic N) is 5. The minimum Gasteiger partial charge on any atom is -0.505 e. The van der Waals surface area contributed by atoms with E-state index in [0.29, 0.717) is 13.1 Å². The van der Waals surface area contributed by atoms with E-state index < -0.39 is 0 Å². The molecule has 1 fully saturated rings. The van der Waals surface area contributed by atoms with Crippen molar-refractivity contribution in [1.82, 2.24) is 24.3 Å². The summed E-state index contributed by atoms with van der Waals surface area (Å²) >= 11 is 0. The highest BCUT2D eigenvalue weighted by molar-refractivity contribution is 5.94. The Hall–Kier alpha value is -2.41.